The molecule has 0 spiro atoms. The van der Waals surface area contributed by atoms with Crippen molar-refractivity contribution < 1.29 is 14.4 Å². The molecule has 1 aromatic carbocycles. The summed E-state index contributed by atoms with van der Waals surface area (Å²) in [5.41, 5.74) is 1.24. The van der Waals surface area contributed by atoms with Crippen molar-refractivity contribution >= 4 is 23.4 Å². The number of nitrogens with one attached hydrogen (secondary N) is 2. The van der Waals surface area contributed by atoms with Gasteiger partial charge in [0.2, 0.25) is 11.8 Å². The fourth-order valence-electron chi connectivity index (χ4n) is 2.93. The van der Waals surface area contributed by atoms with Crippen LogP contribution in [0.15, 0.2) is 24.3 Å². The largest absolute Gasteiger partial charge is 0.344 e. The van der Waals surface area contributed by atoms with Gasteiger partial charge in [-0.3, -0.25) is 14.4 Å². The van der Waals surface area contributed by atoms with Crippen molar-refractivity contribution in [3.05, 3.63) is 29.8 Å². The molecule has 24 heavy (non-hydrogen) atoms. The summed E-state index contributed by atoms with van der Waals surface area (Å²) in [6.45, 7) is 3.23. The molecule has 2 heterocycles. The first-order valence-corrected chi connectivity index (χ1v) is 8.21. The molecule has 2 saturated heterocycles. The van der Waals surface area contributed by atoms with Crippen LogP contribution in [0.2, 0.25) is 0 Å². The third-order valence-corrected chi connectivity index (χ3v) is 4.50. The maximum atomic E-state index is 12.5. The first-order chi connectivity index (χ1) is 11.5. The number of nitrogens with zero attached hydrogens (tertiary/aromatic N) is 2. The second-order valence-corrected chi connectivity index (χ2v) is 6.32. The lowest BCUT2D eigenvalue weighted by Crippen LogP contribution is -2.47. The summed E-state index contributed by atoms with van der Waals surface area (Å²) in [6.07, 6.45) is 0.904. The van der Waals surface area contributed by atoms with Crippen LogP contribution < -0.4 is 10.6 Å². The predicted octanol–water partition coefficient (Wildman–Crippen LogP) is 0.291. The summed E-state index contributed by atoms with van der Waals surface area (Å²) in [5.74, 6) is -0.300. The first kappa shape index (κ1) is 16.4. The van der Waals surface area contributed by atoms with E-state index in [0.29, 0.717) is 24.1 Å². The SMILES string of the molecule is CN1CCN(C(=O)c2ccc(NC(=O)C3CCC(=O)N3)cc2)CC1. The summed E-state index contributed by atoms with van der Waals surface area (Å²) >= 11 is 0. The van der Waals surface area contributed by atoms with Crippen LogP contribution >= 0.6 is 0 Å². The molecule has 2 aliphatic rings. The maximum Gasteiger partial charge on any atom is 0.253 e. The van der Waals surface area contributed by atoms with Crippen molar-refractivity contribution in [2.24, 2.45) is 0 Å². The molecule has 7 heteroatoms. The van der Waals surface area contributed by atoms with Gasteiger partial charge in [-0.05, 0) is 37.7 Å². The highest BCUT2D eigenvalue weighted by atomic mass is 16.2. The van der Waals surface area contributed by atoms with Gasteiger partial charge in [0, 0.05) is 43.9 Å². The second kappa shape index (κ2) is 7.00. The average molecular weight is 330 g/mol. The zero-order chi connectivity index (χ0) is 17.1. The second-order valence-electron chi connectivity index (χ2n) is 6.32. The molecule has 1 aromatic rings. The number of anilines is 1. The van der Waals surface area contributed by atoms with E-state index >= 15 is 0 Å². The summed E-state index contributed by atoms with van der Waals surface area (Å²) in [4.78, 5) is 39.7. The highest BCUT2D eigenvalue weighted by molar-refractivity contribution is 5.99. The number of rotatable bonds is 3. The van der Waals surface area contributed by atoms with E-state index in [0.717, 1.165) is 26.2 Å². The highest BCUT2D eigenvalue weighted by Crippen LogP contribution is 2.15. The van der Waals surface area contributed by atoms with E-state index in [9.17, 15) is 14.4 Å². The van der Waals surface area contributed by atoms with E-state index in [1.807, 2.05) is 11.9 Å². The van der Waals surface area contributed by atoms with Crippen LogP contribution in [0.25, 0.3) is 0 Å². The minimum Gasteiger partial charge on any atom is -0.344 e. The zero-order valence-corrected chi connectivity index (χ0v) is 13.7. The average Bonchev–Trinajstić information content (AvgIpc) is 3.02. The molecular formula is C17H22N4O3. The molecule has 2 aliphatic heterocycles. The van der Waals surface area contributed by atoms with Crippen molar-refractivity contribution in [3.63, 3.8) is 0 Å². The summed E-state index contributed by atoms with van der Waals surface area (Å²) in [6, 6.07) is 6.42. The molecule has 128 valence electrons. The number of benzene rings is 1. The normalized spacial score (nSPS) is 21.5. The molecule has 2 fully saturated rings. The third-order valence-electron chi connectivity index (χ3n) is 4.50. The van der Waals surface area contributed by atoms with Gasteiger partial charge in [0.1, 0.15) is 6.04 Å². The molecule has 3 rings (SSSR count). The van der Waals surface area contributed by atoms with Crippen LogP contribution in [0.3, 0.4) is 0 Å². The molecule has 0 saturated carbocycles. The van der Waals surface area contributed by atoms with E-state index in [4.69, 9.17) is 0 Å². The number of hydrogen-bond donors (Lipinski definition) is 2. The van der Waals surface area contributed by atoms with E-state index in [1.54, 1.807) is 24.3 Å². The van der Waals surface area contributed by atoms with Gasteiger partial charge in [-0.2, -0.15) is 0 Å². The monoisotopic (exact) mass is 330 g/mol. The molecular weight excluding hydrogens is 308 g/mol. The topological polar surface area (TPSA) is 81.8 Å². The quantitative estimate of drug-likeness (QED) is 0.835. The Morgan fingerprint density at radius 2 is 1.79 bits per heavy atom. The molecule has 0 bridgehead atoms. The molecule has 7 nitrogen and oxygen atoms in total. The minimum atomic E-state index is -0.468. The fourth-order valence-corrected chi connectivity index (χ4v) is 2.93. The van der Waals surface area contributed by atoms with Crippen LogP contribution in [0, 0.1) is 0 Å². The predicted molar refractivity (Wildman–Crippen MR) is 89.6 cm³/mol. The van der Waals surface area contributed by atoms with Crippen molar-refractivity contribution in [1.29, 1.82) is 0 Å². The number of amides is 3. The zero-order valence-electron chi connectivity index (χ0n) is 13.7. The number of likely N-dealkylation sites (N-methyl/N-ethyl adjacent to an activating group) is 1. The third kappa shape index (κ3) is 3.73. The summed E-state index contributed by atoms with van der Waals surface area (Å²) < 4.78 is 0. The molecule has 2 N–H and O–H groups in total. The highest BCUT2D eigenvalue weighted by Gasteiger charge is 2.27. The van der Waals surface area contributed by atoms with E-state index in [2.05, 4.69) is 15.5 Å². The first-order valence-electron chi connectivity index (χ1n) is 8.21. The molecule has 3 amide bonds. The van der Waals surface area contributed by atoms with Gasteiger partial charge >= 0.3 is 0 Å². The standard InChI is InChI=1S/C17H22N4O3/c1-20-8-10-21(11-9-20)17(24)12-2-4-13(5-3-12)18-16(23)14-6-7-15(22)19-14/h2-5,14H,6-11H2,1H3,(H,18,23)(H,19,22). The Bertz CT molecular complexity index is 636. The van der Waals surface area contributed by atoms with Gasteiger partial charge in [-0.25, -0.2) is 0 Å². The van der Waals surface area contributed by atoms with Gasteiger partial charge in [0.15, 0.2) is 0 Å². The van der Waals surface area contributed by atoms with Gasteiger partial charge in [-0.1, -0.05) is 0 Å². The minimum absolute atomic E-state index is 0.0176. The van der Waals surface area contributed by atoms with Crippen molar-refractivity contribution in [1.82, 2.24) is 15.1 Å². The molecule has 1 unspecified atom stereocenters. The van der Waals surface area contributed by atoms with E-state index in [-0.39, 0.29) is 17.7 Å². The van der Waals surface area contributed by atoms with Crippen molar-refractivity contribution in [2.45, 2.75) is 18.9 Å². The van der Waals surface area contributed by atoms with E-state index in [1.165, 1.54) is 0 Å². The van der Waals surface area contributed by atoms with Gasteiger partial charge in [0.05, 0.1) is 0 Å². The summed E-state index contributed by atoms with van der Waals surface area (Å²) in [7, 11) is 2.05. The fraction of sp³-hybridized carbons (Fsp3) is 0.471. The van der Waals surface area contributed by atoms with Gasteiger partial charge in [0.25, 0.3) is 5.91 Å². The molecule has 1 atom stereocenters. The van der Waals surface area contributed by atoms with Crippen LogP contribution in [0.4, 0.5) is 5.69 Å². The van der Waals surface area contributed by atoms with Crippen LogP contribution in [0.5, 0.6) is 0 Å². The van der Waals surface area contributed by atoms with Crippen molar-refractivity contribution in [3.8, 4) is 0 Å². The Morgan fingerprint density at radius 3 is 2.38 bits per heavy atom. The Kier molecular flexibility index (Phi) is 4.80. The molecule has 0 radical (unpaired) electrons. The number of carbonyl (C=O) groups excluding carboxylic acids is 3. The Labute approximate surface area is 141 Å². The molecule has 0 aromatic heterocycles. The van der Waals surface area contributed by atoms with Gasteiger partial charge in [-0.15, -0.1) is 0 Å². The smallest absolute Gasteiger partial charge is 0.253 e. The van der Waals surface area contributed by atoms with Crippen LogP contribution in [-0.2, 0) is 9.59 Å². The Balaban J connectivity index is 1.58. The number of hydrogen-bond acceptors (Lipinski definition) is 4. The lowest BCUT2D eigenvalue weighted by atomic mass is 10.1. The lowest BCUT2D eigenvalue weighted by Gasteiger charge is -2.32. The van der Waals surface area contributed by atoms with E-state index < -0.39 is 6.04 Å². The van der Waals surface area contributed by atoms with Crippen molar-refractivity contribution in [2.75, 3.05) is 38.5 Å². The Morgan fingerprint density at radius 1 is 1.12 bits per heavy atom. The maximum absolute atomic E-state index is 12.5. The molecule has 0 aliphatic carbocycles. The number of carbonyl (C=O) groups is 3. The van der Waals surface area contributed by atoms with Gasteiger partial charge < -0.3 is 20.4 Å². The Hall–Kier alpha value is -2.41. The van der Waals surface area contributed by atoms with Crippen LogP contribution in [-0.4, -0.2) is 66.8 Å². The summed E-state index contributed by atoms with van der Waals surface area (Å²) in [5, 5.41) is 5.40. The van der Waals surface area contributed by atoms with Crippen LogP contribution in [0.1, 0.15) is 23.2 Å². The number of piperazine rings is 1. The lowest BCUT2D eigenvalue weighted by molar-refractivity contribution is -0.122.